The second-order valence-electron chi connectivity index (χ2n) is 7.62. The monoisotopic (exact) mass is 487 g/mol. The Labute approximate surface area is 193 Å². The predicted molar refractivity (Wildman–Crippen MR) is 127 cm³/mol. The summed E-state index contributed by atoms with van der Waals surface area (Å²) < 4.78 is 50.3. The quantitative estimate of drug-likeness (QED) is 0.449. The number of hydrogen-bond donors (Lipinski definition) is 3. The zero-order valence-corrected chi connectivity index (χ0v) is 19.8. The van der Waals surface area contributed by atoms with Gasteiger partial charge in [-0.05, 0) is 85.5 Å². The summed E-state index contributed by atoms with van der Waals surface area (Å²) in [5.74, 6) is -0.306. The number of sulfonamides is 2. The van der Waals surface area contributed by atoms with E-state index in [0.29, 0.717) is 24.2 Å². The lowest BCUT2D eigenvalue weighted by atomic mass is 10.1. The summed E-state index contributed by atoms with van der Waals surface area (Å²) in [6, 6.07) is 17.2. The van der Waals surface area contributed by atoms with Gasteiger partial charge < -0.3 is 5.32 Å². The lowest BCUT2D eigenvalue weighted by molar-refractivity contribution is 0.0954. The van der Waals surface area contributed by atoms with Crippen molar-refractivity contribution in [3.05, 3.63) is 89.0 Å². The van der Waals surface area contributed by atoms with Crippen LogP contribution in [0.15, 0.2) is 76.5 Å². The highest BCUT2D eigenvalue weighted by atomic mass is 32.2. The van der Waals surface area contributed by atoms with E-state index >= 15 is 0 Å². The Morgan fingerprint density at radius 2 is 1.42 bits per heavy atom. The van der Waals surface area contributed by atoms with Crippen LogP contribution >= 0.6 is 0 Å². The number of nitrogens with one attached hydrogen (secondary N) is 2. The lowest BCUT2D eigenvalue weighted by Gasteiger charge is -2.11. The summed E-state index contributed by atoms with van der Waals surface area (Å²) in [6.45, 7) is 4.10. The lowest BCUT2D eigenvalue weighted by Crippen LogP contribution is -2.25. The number of anilines is 1. The fourth-order valence-corrected chi connectivity index (χ4v) is 4.71. The topological polar surface area (TPSA) is 135 Å². The molecule has 0 unspecified atom stereocenters. The Morgan fingerprint density at radius 3 is 2.00 bits per heavy atom. The molecule has 0 fully saturated rings. The highest BCUT2D eigenvalue weighted by molar-refractivity contribution is 7.92. The minimum absolute atomic E-state index is 0.0310. The van der Waals surface area contributed by atoms with Crippen molar-refractivity contribution in [1.82, 2.24) is 5.32 Å². The van der Waals surface area contributed by atoms with Crippen molar-refractivity contribution >= 4 is 31.6 Å². The Bertz CT molecular complexity index is 1370. The third-order valence-corrected chi connectivity index (χ3v) is 7.45. The molecule has 8 nitrogen and oxygen atoms in total. The second-order valence-corrected chi connectivity index (χ2v) is 10.9. The number of carbonyl (C=O) groups excluding carboxylic acids is 1. The molecule has 0 bridgehead atoms. The third-order valence-electron chi connectivity index (χ3n) is 5.14. The Hall–Kier alpha value is -3.21. The van der Waals surface area contributed by atoms with E-state index in [1.807, 2.05) is 13.8 Å². The maximum atomic E-state index is 12.6. The van der Waals surface area contributed by atoms with Crippen LogP contribution in [0, 0.1) is 13.8 Å². The van der Waals surface area contributed by atoms with Crippen LogP contribution in [-0.2, 0) is 26.5 Å². The zero-order valence-electron chi connectivity index (χ0n) is 18.2. The minimum atomic E-state index is -3.74. The molecule has 0 aromatic heterocycles. The number of primary sulfonamides is 1. The Morgan fingerprint density at radius 1 is 0.818 bits per heavy atom. The summed E-state index contributed by atoms with van der Waals surface area (Å²) in [6.07, 6.45) is 0.504. The SMILES string of the molecule is Cc1ccc(S(=O)(=O)Nc2ccc(C(=O)NCCc3ccc(S(N)(=O)=O)cc3)cc2)cc1C. The maximum Gasteiger partial charge on any atom is 0.261 e. The second kappa shape index (κ2) is 9.74. The fraction of sp³-hybridized carbons (Fsp3) is 0.174. The van der Waals surface area contributed by atoms with Crippen molar-refractivity contribution in [2.24, 2.45) is 5.14 Å². The third kappa shape index (κ3) is 6.41. The number of nitrogens with two attached hydrogens (primary N) is 1. The Kier molecular flexibility index (Phi) is 7.21. The van der Waals surface area contributed by atoms with Crippen molar-refractivity contribution in [3.63, 3.8) is 0 Å². The first-order chi connectivity index (χ1) is 15.5. The molecule has 0 spiro atoms. The molecule has 3 rings (SSSR count). The molecular weight excluding hydrogens is 462 g/mol. The molecule has 33 heavy (non-hydrogen) atoms. The van der Waals surface area contributed by atoms with E-state index < -0.39 is 20.0 Å². The van der Waals surface area contributed by atoms with Gasteiger partial charge >= 0.3 is 0 Å². The molecule has 0 saturated heterocycles. The number of benzene rings is 3. The molecule has 0 saturated carbocycles. The first-order valence-corrected chi connectivity index (χ1v) is 13.1. The standard InChI is InChI=1S/C23H25N3O5S2/c1-16-3-10-22(15-17(16)2)33(30,31)26-20-8-6-19(7-9-20)23(27)25-14-13-18-4-11-21(12-5-18)32(24,28)29/h3-12,15,26H,13-14H2,1-2H3,(H,25,27)(H2,24,28,29). The largest absolute Gasteiger partial charge is 0.352 e. The van der Waals surface area contributed by atoms with Gasteiger partial charge in [-0.25, -0.2) is 22.0 Å². The molecule has 0 heterocycles. The number of amides is 1. The van der Waals surface area contributed by atoms with Gasteiger partial charge in [-0.2, -0.15) is 0 Å². The van der Waals surface area contributed by atoms with Crippen LogP contribution in [0.5, 0.6) is 0 Å². The van der Waals surface area contributed by atoms with E-state index in [2.05, 4.69) is 10.0 Å². The van der Waals surface area contributed by atoms with Crippen LogP contribution < -0.4 is 15.2 Å². The van der Waals surface area contributed by atoms with Gasteiger partial charge in [0.2, 0.25) is 10.0 Å². The number of hydrogen-bond acceptors (Lipinski definition) is 5. The normalized spacial score (nSPS) is 11.7. The van der Waals surface area contributed by atoms with Crippen molar-refractivity contribution in [2.75, 3.05) is 11.3 Å². The van der Waals surface area contributed by atoms with Gasteiger partial charge in [0.25, 0.3) is 15.9 Å². The molecular formula is C23H25N3O5S2. The molecule has 0 aliphatic carbocycles. The molecule has 3 aromatic rings. The number of aryl methyl sites for hydroxylation is 2. The van der Waals surface area contributed by atoms with E-state index in [-0.39, 0.29) is 15.7 Å². The van der Waals surface area contributed by atoms with E-state index in [4.69, 9.17) is 5.14 Å². The molecule has 174 valence electrons. The summed E-state index contributed by atoms with van der Waals surface area (Å²) in [7, 11) is -7.48. The van der Waals surface area contributed by atoms with Gasteiger partial charge in [-0.15, -0.1) is 0 Å². The summed E-state index contributed by atoms with van der Waals surface area (Å²) >= 11 is 0. The smallest absolute Gasteiger partial charge is 0.261 e. The molecule has 0 aliphatic rings. The van der Waals surface area contributed by atoms with Gasteiger partial charge in [-0.3, -0.25) is 9.52 Å². The van der Waals surface area contributed by atoms with Crippen molar-refractivity contribution < 1.29 is 21.6 Å². The molecule has 0 atom stereocenters. The molecule has 10 heteroatoms. The average Bonchev–Trinajstić information content (AvgIpc) is 2.75. The van der Waals surface area contributed by atoms with Gasteiger partial charge in [-0.1, -0.05) is 18.2 Å². The van der Waals surface area contributed by atoms with Crippen molar-refractivity contribution in [2.45, 2.75) is 30.1 Å². The van der Waals surface area contributed by atoms with Gasteiger partial charge in [0, 0.05) is 17.8 Å². The van der Waals surface area contributed by atoms with Crippen molar-refractivity contribution in [3.8, 4) is 0 Å². The Balaban J connectivity index is 1.57. The first kappa shape index (κ1) is 24.4. The summed E-state index contributed by atoms with van der Waals surface area (Å²) in [5.41, 5.74) is 3.46. The van der Waals surface area contributed by atoms with Crippen molar-refractivity contribution in [1.29, 1.82) is 0 Å². The summed E-state index contributed by atoms with van der Waals surface area (Å²) in [5, 5.41) is 7.85. The highest BCUT2D eigenvalue weighted by Gasteiger charge is 2.15. The fourth-order valence-electron chi connectivity index (χ4n) is 3.05. The van der Waals surface area contributed by atoms with E-state index in [9.17, 15) is 21.6 Å². The van der Waals surface area contributed by atoms with Crippen LogP contribution in [0.1, 0.15) is 27.0 Å². The van der Waals surface area contributed by atoms with Crippen LogP contribution in [0.25, 0.3) is 0 Å². The van der Waals surface area contributed by atoms with Crippen LogP contribution in [0.3, 0.4) is 0 Å². The summed E-state index contributed by atoms with van der Waals surface area (Å²) in [4.78, 5) is 12.6. The van der Waals surface area contributed by atoms with E-state index in [0.717, 1.165) is 16.7 Å². The number of carbonyl (C=O) groups is 1. The number of rotatable bonds is 8. The van der Waals surface area contributed by atoms with E-state index in [1.54, 1.807) is 30.3 Å². The first-order valence-electron chi connectivity index (χ1n) is 10.1. The van der Waals surface area contributed by atoms with Crippen LogP contribution in [0.4, 0.5) is 5.69 Å². The zero-order chi connectivity index (χ0) is 24.2. The molecule has 0 radical (unpaired) electrons. The van der Waals surface area contributed by atoms with Gasteiger partial charge in [0.05, 0.1) is 9.79 Å². The van der Waals surface area contributed by atoms with Crippen LogP contribution in [-0.4, -0.2) is 29.3 Å². The average molecular weight is 488 g/mol. The van der Waals surface area contributed by atoms with Crippen LogP contribution in [0.2, 0.25) is 0 Å². The molecule has 0 aliphatic heterocycles. The van der Waals surface area contributed by atoms with E-state index in [1.165, 1.54) is 36.4 Å². The molecule has 4 N–H and O–H groups in total. The predicted octanol–water partition coefficient (Wildman–Crippen LogP) is 2.72. The highest BCUT2D eigenvalue weighted by Crippen LogP contribution is 2.19. The molecule has 1 amide bonds. The molecule has 3 aromatic carbocycles. The maximum absolute atomic E-state index is 12.6. The van der Waals surface area contributed by atoms with Gasteiger partial charge in [0.15, 0.2) is 0 Å². The van der Waals surface area contributed by atoms with Gasteiger partial charge in [0.1, 0.15) is 0 Å². The minimum Gasteiger partial charge on any atom is -0.352 e.